The molecular weight excluding hydrogens is 330 g/mol. The Hall–Kier alpha value is -3.09. The zero-order valence-electron chi connectivity index (χ0n) is 14.7. The Balaban J connectivity index is 1.54. The average Bonchev–Trinajstić information content (AvgIpc) is 3.13. The summed E-state index contributed by atoms with van der Waals surface area (Å²) >= 11 is 0. The van der Waals surface area contributed by atoms with E-state index < -0.39 is 0 Å². The smallest absolute Gasteiger partial charge is 0.233 e. The number of carbonyl (C=O) groups excluding carboxylic acids is 2. The lowest BCUT2D eigenvalue weighted by atomic mass is 10.0. The topological polar surface area (TPSA) is 81.0 Å². The van der Waals surface area contributed by atoms with Gasteiger partial charge in [-0.05, 0) is 25.0 Å². The first-order valence-electron chi connectivity index (χ1n) is 8.55. The van der Waals surface area contributed by atoms with Gasteiger partial charge in [-0.3, -0.25) is 19.2 Å². The summed E-state index contributed by atoms with van der Waals surface area (Å²) in [5.41, 5.74) is 2.62. The van der Waals surface area contributed by atoms with E-state index in [4.69, 9.17) is 0 Å². The number of hydrogen-bond donors (Lipinski definition) is 0. The van der Waals surface area contributed by atoms with Gasteiger partial charge in [0, 0.05) is 30.7 Å². The molecule has 1 aromatic carbocycles. The minimum absolute atomic E-state index is 0.118. The molecule has 26 heavy (non-hydrogen) atoms. The average molecular weight is 349 g/mol. The molecule has 132 valence electrons. The van der Waals surface area contributed by atoms with E-state index in [9.17, 15) is 9.59 Å². The quantitative estimate of drug-likeness (QED) is 0.671. The molecule has 0 spiro atoms. The SMILES string of the molecule is Cc1nc(CN2C(=O)C[C@@H](Cc3cnn(C)c3)C2=O)nc2ccccc12. The largest absolute Gasteiger partial charge is 0.276 e. The summed E-state index contributed by atoms with van der Waals surface area (Å²) < 4.78 is 1.69. The summed E-state index contributed by atoms with van der Waals surface area (Å²) in [5.74, 6) is -0.176. The number of imide groups is 1. The van der Waals surface area contributed by atoms with Crippen molar-refractivity contribution in [3.63, 3.8) is 0 Å². The van der Waals surface area contributed by atoms with Crippen LogP contribution >= 0.6 is 0 Å². The molecule has 1 atom stereocenters. The Kier molecular flexibility index (Phi) is 3.99. The third kappa shape index (κ3) is 2.96. The standard InChI is InChI=1S/C19H19N5O2/c1-12-15-5-3-4-6-16(15)22-17(21-12)11-24-18(25)8-14(19(24)26)7-13-9-20-23(2)10-13/h3-6,9-10,14H,7-8,11H2,1-2H3/t14-/m1/s1. The highest BCUT2D eigenvalue weighted by Gasteiger charge is 2.39. The van der Waals surface area contributed by atoms with Crippen molar-refractivity contribution in [2.45, 2.75) is 26.3 Å². The number of likely N-dealkylation sites (tertiary alicyclic amines) is 1. The highest BCUT2D eigenvalue weighted by Crippen LogP contribution is 2.25. The number of nitrogens with zero attached hydrogens (tertiary/aromatic N) is 5. The van der Waals surface area contributed by atoms with Crippen molar-refractivity contribution in [1.29, 1.82) is 0 Å². The van der Waals surface area contributed by atoms with Crippen molar-refractivity contribution >= 4 is 22.7 Å². The van der Waals surface area contributed by atoms with E-state index in [1.807, 2.05) is 44.4 Å². The lowest BCUT2D eigenvalue weighted by Crippen LogP contribution is -2.31. The third-order valence-electron chi connectivity index (χ3n) is 4.72. The molecule has 0 N–H and O–H groups in total. The van der Waals surface area contributed by atoms with Crippen molar-refractivity contribution in [2.75, 3.05) is 0 Å². The number of fused-ring (bicyclic) bond motifs is 1. The number of hydrogen-bond acceptors (Lipinski definition) is 5. The van der Waals surface area contributed by atoms with E-state index in [2.05, 4.69) is 15.1 Å². The van der Waals surface area contributed by atoms with Gasteiger partial charge in [-0.25, -0.2) is 9.97 Å². The molecule has 0 aliphatic carbocycles. The number of carbonyl (C=O) groups is 2. The second-order valence-electron chi connectivity index (χ2n) is 6.69. The van der Waals surface area contributed by atoms with E-state index in [0.29, 0.717) is 12.2 Å². The summed E-state index contributed by atoms with van der Waals surface area (Å²) in [6.45, 7) is 2.03. The first-order chi connectivity index (χ1) is 12.5. The lowest BCUT2D eigenvalue weighted by Gasteiger charge is -2.14. The number of aromatic nitrogens is 4. The second kappa shape index (κ2) is 6.33. The fourth-order valence-electron chi connectivity index (χ4n) is 3.45. The molecule has 1 aliphatic heterocycles. The van der Waals surface area contributed by atoms with Gasteiger partial charge in [-0.15, -0.1) is 0 Å². The Morgan fingerprint density at radius 3 is 2.77 bits per heavy atom. The van der Waals surface area contributed by atoms with Gasteiger partial charge in [0.1, 0.15) is 5.82 Å². The molecule has 1 fully saturated rings. The number of para-hydroxylation sites is 1. The van der Waals surface area contributed by atoms with Crippen molar-refractivity contribution < 1.29 is 9.59 Å². The maximum Gasteiger partial charge on any atom is 0.233 e. The molecular formula is C19H19N5O2. The van der Waals surface area contributed by atoms with E-state index in [1.54, 1.807) is 10.9 Å². The zero-order valence-corrected chi connectivity index (χ0v) is 14.7. The van der Waals surface area contributed by atoms with Crippen LogP contribution in [0.1, 0.15) is 23.5 Å². The highest BCUT2D eigenvalue weighted by molar-refractivity contribution is 6.03. The molecule has 7 heteroatoms. The van der Waals surface area contributed by atoms with Gasteiger partial charge < -0.3 is 0 Å². The maximum atomic E-state index is 12.7. The molecule has 2 amide bonds. The fourth-order valence-corrected chi connectivity index (χ4v) is 3.45. The first-order valence-corrected chi connectivity index (χ1v) is 8.55. The van der Waals surface area contributed by atoms with Gasteiger partial charge in [0.2, 0.25) is 11.8 Å². The van der Waals surface area contributed by atoms with Crippen LogP contribution in [0.3, 0.4) is 0 Å². The number of aryl methyl sites for hydroxylation is 2. The van der Waals surface area contributed by atoms with Crippen molar-refractivity contribution in [2.24, 2.45) is 13.0 Å². The molecule has 1 saturated heterocycles. The van der Waals surface area contributed by atoms with Crippen molar-refractivity contribution in [3.05, 3.63) is 53.7 Å². The van der Waals surface area contributed by atoms with Gasteiger partial charge in [-0.2, -0.15) is 5.10 Å². The van der Waals surface area contributed by atoms with Crippen molar-refractivity contribution in [1.82, 2.24) is 24.6 Å². The molecule has 1 aliphatic rings. The second-order valence-corrected chi connectivity index (χ2v) is 6.69. The molecule has 4 rings (SSSR count). The predicted molar refractivity (Wildman–Crippen MR) is 94.9 cm³/mol. The monoisotopic (exact) mass is 349 g/mol. The molecule has 3 aromatic rings. The summed E-state index contributed by atoms with van der Waals surface area (Å²) in [7, 11) is 1.83. The van der Waals surface area contributed by atoms with Crippen LogP contribution in [-0.2, 0) is 29.6 Å². The van der Waals surface area contributed by atoms with E-state index in [1.165, 1.54) is 4.90 Å². The van der Waals surface area contributed by atoms with E-state index in [0.717, 1.165) is 22.2 Å². The van der Waals surface area contributed by atoms with E-state index >= 15 is 0 Å². The first kappa shape index (κ1) is 16.4. The van der Waals surface area contributed by atoms with Gasteiger partial charge in [-0.1, -0.05) is 18.2 Å². The molecule has 2 aromatic heterocycles. The van der Waals surface area contributed by atoms with Gasteiger partial charge in [0.05, 0.1) is 24.2 Å². The Bertz CT molecular complexity index is 1010. The van der Waals surface area contributed by atoms with Crippen LogP contribution in [0.4, 0.5) is 0 Å². The molecule has 7 nitrogen and oxygen atoms in total. The minimum Gasteiger partial charge on any atom is -0.276 e. The fraction of sp³-hybridized carbons (Fsp3) is 0.316. The third-order valence-corrected chi connectivity index (χ3v) is 4.72. The normalized spacial score (nSPS) is 17.5. The summed E-state index contributed by atoms with van der Waals surface area (Å²) in [5, 5.41) is 5.09. The summed E-state index contributed by atoms with van der Waals surface area (Å²) in [4.78, 5) is 35.3. The number of benzene rings is 1. The maximum absolute atomic E-state index is 12.7. The van der Waals surface area contributed by atoms with Crippen LogP contribution in [-0.4, -0.2) is 36.5 Å². The molecule has 0 radical (unpaired) electrons. The Morgan fingerprint density at radius 1 is 1.19 bits per heavy atom. The number of rotatable bonds is 4. The van der Waals surface area contributed by atoms with Crippen LogP contribution in [0.2, 0.25) is 0 Å². The van der Waals surface area contributed by atoms with Gasteiger partial charge >= 0.3 is 0 Å². The van der Waals surface area contributed by atoms with Crippen LogP contribution in [0.25, 0.3) is 10.9 Å². The van der Waals surface area contributed by atoms with Gasteiger partial charge in [0.15, 0.2) is 0 Å². The molecule has 0 saturated carbocycles. The Morgan fingerprint density at radius 2 is 2.00 bits per heavy atom. The Labute approximate surface area is 150 Å². The molecule has 0 bridgehead atoms. The lowest BCUT2D eigenvalue weighted by molar-refractivity contribution is -0.140. The predicted octanol–water partition coefficient (Wildman–Crippen LogP) is 1.79. The molecule has 3 heterocycles. The van der Waals surface area contributed by atoms with Crippen LogP contribution in [0, 0.1) is 12.8 Å². The summed E-state index contributed by atoms with van der Waals surface area (Å²) in [6.07, 6.45) is 4.35. The minimum atomic E-state index is -0.340. The number of amides is 2. The van der Waals surface area contributed by atoms with Crippen molar-refractivity contribution in [3.8, 4) is 0 Å². The zero-order chi connectivity index (χ0) is 18.3. The highest BCUT2D eigenvalue weighted by atomic mass is 16.2. The van der Waals surface area contributed by atoms with Crippen LogP contribution in [0.5, 0.6) is 0 Å². The van der Waals surface area contributed by atoms with Gasteiger partial charge in [0.25, 0.3) is 0 Å². The van der Waals surface area contributed by atoms with Crippen LogP contribution < -0.4 is 0 Å². The summed E-state index contributed by atoms with van der Waals surface area (Å²) in [6, 6.07) is 7.72. The van der Waals surface area contributed by atoms with E-state index in [-0.39, 0.29) is 30.7 Å². The molecule has 0 unspecified atom stereocenters. The van der Waals surface area contributed by atoms with Crippen LogP contribution in [0.15, 0.2) is 36.7 Å².